The van der Waals surface area contributed by atoms with E-state index in [9.17, 15) is 18.0 Å². The summed E-state index contributed by atoms with van der Waals surface area (Å²) in [6.07, 6.45) is 1.06. The van der Waals surface area contributed by atoms with Crippen molar-refractivity contribution in [2.24, 2.45) is 5.92 Å². The normalized spacial score (nSPS) is 26.0. The lowest BCUT2D eigenvalue weighted by Crippen LogP contribution is -2.41. The van der Waals surface area contributed by atoms with E-state index < -0.39 is 16.3 Å². The second-order valence-corrected chi connectivity index (χ2v) is 10.4. The highest BCUT2D eigenvalue weighted by Crippen LogP contribution is 2.34. The smallest absolute Gasteiger partial charge is 0.251 e. The number of benzene rings is 1. The SMILES string of the molecule is C=CC(=O)NC1CC2CN(S(=O)(=O)c3ccc(C(=O)NCCN4CCOCC4)cc3)CC2O1. The van der Waals surface area contributed by atoms with E-state index in [2.05, 4.69) is 22.1 Å². The van der Waals surface area contributed by atoms with Crippen LogP contribution in [0.3, 0.4) is 0 Å². The van der Waals surface area contributed by atoms with E-state index in [1.165, 1.54) is 34.6 Å². The van der Waals surface area contributed by atoms with Crippen molar-refractivity contribution in [1.82, 2.24) is 19.8 Å². The molecular weight excluding hydrogens is 448 g/mol. The zero-order chi connectivity index (χ0) is 23.4. The summed E-state index contributed by atoms with van der Waals surface area (Å²) in [5, 5.41) is 5.57. The predicted octanol–water partition coefficient (Wildman–Crippen LogP) is -0.214. The molecule has 11 heteroatoms. The van der Waals surface area contributed by atoms with Crippen LogP contribution >= 0.6 is 0 Å². The predicted molar refractivity (Wildman–Crippen MR) is 120 cm³/mol. The van der Waals surface area contributed by atoms with Crippen molar-refractivity contribution in [1.29, 1.82) is 0 Å². The van der Waals surface area contributed by atoms with Crippen LogP contribution in [0.1, 0.15) is 16.8 Å². The fourth-order valence-corrected chi connectivity index (χ4v) is 5.92. The van der Waals surface area contributed by atoms with Gasteiger partial charge >= 0.3 is 0 Å². The molecular formula is C22H30N4O6S. The van der Waals surface area contributed by atoms with Crippen molar-refractivity contribution in [2.75, 3.05) is 52.5 Å². The Morgan fingerprint density at radius 3 is 2.55 bits per heavy atom. The first-order valence-corrected chi connectivity index (χ1v) is 12.6. The number of hydrogen-bond acceptors (Lipinski definition) is 7. The van der Waals surface area contributed by atoms with Crippen molar-refractivity contribution in [2.45, 2.75) is 23.6 Å². The fraction of sp³-hybridized carbons (Fsp3) is 0.545. The molecule has 0 aromatic heterocycles. The molecule has 3 saturated heterocycles. The molecule has 2 amide bonds. The molecule has 0 saturated carbocycles. The van der Waals surface area contributed by atoms with Crippen molar-refractivity contribution in [3.05, 3.63) is 42.5 Å². The molecule has 1 aromatic carbocycles. The molecule has 3 aliphatic heterocycles. The molecule has 0 radical (unpaired) electrons. The van der Waals surface area contributed by atoms with Gasteiger partial charge < -0.3 is 20.1 Å². The maximum atomic E-state index is 13.1. The summed E-state index contributed by atoms with van der Waals surface area (Å²) >= 11 is 0. The van der Waals surface area contributed by atoms with Crippen LogP contribution in [0.15, 0.2) is 41.8 Å². The van der Waals surface area contributed by atoms with Crippen LogP contribution < -0.4 is 10.6 Å². The van der Waals surface area contributed by atoms with E-state index in [-0.39, 0.29) is 35.3 Å². The first-order chi connectivity index (χ1) is 15.9. The molecule has 1 aromatic rings. The number of nitrogens with zero attached hydrogens (tertiary/aromatic N) is 2. The molecule has 2 N–H and O–H groups in total. The summed E-state index contributed by atoms with van der Waals surface area (Å²) in [5.41, 5.74) is 0.415. The third-order valence-electron chi connectivity index (χ3n) is 6.26. The highest BCUT2D eigenvalue weighted by atomic mass is 32.2. The number of hydrogen-bond donors (Lipinski definition) is 2. The molecule has 4 rings (SSSR count). The van der Waals surface area contributed by atoms with Crippen LogP contribution in [0.5, 0.6) is 0 Å². The van der Waals surface area contributed by atoms with Crippen molar-refractivity contribution in [3.8, 4) is 0 Å². The van der Waals surface area contributed by atoms with Gasteiger partial charge in [-0.15, -0.1) is 0 Å². The zero-order valence-electron chi connectivity index (χ0n) is 18.4. The number of ether oxygens (including phenoxy) is 2. The van der Waals surface area contributed by atoms with E-state index in [1.54, 1.807) is 0 Å². The fourth-order valence-electron chi connectivity index (χ4n) is 4.41. The average Bonchev–Trinajstić information content (AvgIpc) is 3.39. The lowest BCUT2D eigenvalue weighted by Gasteiger charge is -2.26. The van der Waals surface area contributed by atoms with E-state index in [0.717, 1.165) is 19.6 Å². The number of carbonyl (C=O) groups is 2. The van der Waals surface area contributed by atoms with Gasteiger partial charge in [0.05, 0.1) is 24.2 Å². The van der Waals surface area contributed by atoms with E-state index in [4.69, 9.17) is 9.47 Å². The summed E-state index contributed by atoms with van der Waals surface area (Å²) in [5.74, 6) is -0.523. The molecule has 3 heterocycles. The van der Waals surface area contributed by atoms with Crippen molar-refractivity contribution in [3.63, 3.8) is 0 Å². The monoisotopic (exact) mass is 478 g/mol. The highest BCUT2D eigenvalue weighted by molar-refractivity contribution is 7.89. The van der Waals surface area contributed by atoms with Gasteiger partial charge in [-0.2, -0.15) is 4.31 Å². The zero-order valence-corrected chi connectivity index (χ0v) is 19.3. The summed E-state index contributed by atoms with van der Waals surface area (Å²) in [4.78, 5) is 26.2. The van der Waals surface area contributed by atoms with Gasteiger partial charge in [-0.3, -0.25) is 14.5 Å². The molecule has 3 fully saturated rings. The summed E-state index contributed by atoms with van der Waals surface area (Å²) in [6, 6.07) is 6.00. The van der Waals surface area contributed by atoms with E-state index in [0.29, 0.717) is 38.3 Å². The molecule has 33 heavy (non-hydrogen) atoms. The minimum atomic E-state index is -3.70. The van der Waals surface area contributed by atoms with Gasteiger partial charge in [0.1, 0.15) is 6.23 Å². The minimum Gasteiger partial charge on any atom is -0.379 e. The lowest BCUT2D eigenvalue weighted by atomic mass is 10.1. The Balaban J connectivity index is 1.29. The Bertz CT molecular complexity index is 963. The van der Waals surface area contributed by atoms with Gasteiger partial charge in [0.25, 0.3) is 5.91 Å². The second-order valence-electron chi connectivity index (χ2n) is 8.43. The minimum absolute atomic E-state index is 0.0198. The Morgan fingerprint density at radius 1 is 1.15 bits per heavy atom. The third-order valence-corrected chi connectivity index (χ3v) is 8.11. The van der Waals surface area contributed by atoms with Gasteiger partial charge in [-0.25, -0.2) is 8.42 Å². The maximum absolute atomic E-state index is 13.1. The Kier molecular flexibility index (Phi) is 7.45. The van der Waals surface area contributed by atoms with E-state index in [1.807, 2.05) is 0 Å². The Hall–Kier alpha value is -2.31. The number of carbonyl (C=O) groups excluding carboxylic acids is 2. The van der Waals surface area contributed by atoms with Crippen LogP contribution in [-0.4, -0.2) is 94.3 Å². The van der Waals surface area contributed by atoms with Crippen LogP contribution in [-0.2, 0) is 24.3 Å². The number of amides is 2. The van der Waals surface area contributed by atoms with Crippen molar-refractivity contribution < 1.29 is 27.5 Å². The van der Waals surface area contributed by atoms with Crippen LogP contribution in [0.2, 0.25) is 0 Å². The van der Waals surface area contributed by atoms with Gasteiger partial charge in [0, 0.05) is 50.7 Å². The van der Waals surface area contributed by atoms with Crippen molar-refractivity contribution >= 4 is 21.8 Å². The first-order valence-electron chi connectivity index (χ1n) is 11.1. The summed E-state index contributed by atoms with van der Waals surface area (Å²) in [6.45, 7) is 8.38. The number of sulfonamides is 1. The van der Waals surface area contributed by atoms with Crippen LogP contribution in [0, 0.1) is 5.92 Å². The van der Waals surface area contributed by atoms with Crippen LogP contribution in [0.4, 0.5) is 0 Å². The van der Waals surface area contributed by atoms with Crippen LogP contribution in [0.25, 0.3) is 0 Å². The molecule has 3 unspecified atom stereocenters. The maximum Gasteiger partial charge on any atom is 0.251 e. The number of morpholine rings is 1. The average molecular weight is 479 g/mol. The Labute approximate surface area is 193 Å². The second kappa shape index (κ2) is 10.3. The quantitative estimate of drug-likeness (QED) is 0.497. The molecule has 180 valence electrons. The summed E-state index contributed by atoms with van der Waals surface area (Å²) in [7, 11) is -3.70. The van der Waals surface area contributed by atoms with E-state index >= 15 is 0 Å². The standard InChI is InChI=1S/C22H30N4O6S/c1-2-20(27)24-21-13-17-14-26(15-19(17)32-21)33(29,30)18-5-3-16(4-6-18)22(28)23-7-8-25-9-11-31-12-10-25/h2-6,17,19,21H,1,7-15H2,(H,23,28)(H,24,27). The van der Waals surface area contributed by atoms with Gasteiger partial charge in [-0.1, -0.05) is 6.58 Å². The third kappa shape index (κ3) is 5.61. The molecule has 3 aliphatic rings. The Morgan fingerprint density at radius 2 is 1.88 bits per heavy atom. The summed E-state index contributed by atoms with van der Waals surface area (Å²) < 4.78 is 38.7. The van der Waals surface area contributed by atoms with Gasteiger partial charge in [0.2, 0.25) is 15.9 Å². The number of fused-ring (bicyclic) bond motifs is 1. The molecule has 3 atom stereocenters. The molecule has 0 bridgehead atoms. The first kappa shape index (κ1) is 23.8. The molecule has 0 spiro atoms. The van der Waals surface area contributed by atoms with Gasteiger partial charge in [-0.05, 0) is 36.8 Å². The number of nitrogens with one attached hydrogen (secondary N) is 2. The number of rotatable bonds is 8. The topological polar surface area (TPSA) is 117 Å². The molecule has 10 nitrogen and oxygen atoms in total. The largest absolute Gasteiger partial charge is 0.379 e. The lowest BCUT2D eigenvalue weighted by molar-refractivity contribution is -0.120. The van der Waals surface area contributed by atoms with Gasteiger partial charge in [0.15, 0.2) is 0 Å². The highest BCUT2D eigenvalue weighted by Gasteiger charge is 2.46. The molecule has 0 aliphatic carbocycles.